The quantitative estimate of drug-likeness (QED) is 0.796. The first-order chi connectivity index (χ1) is 7.40. The molecular weight excluding hydrogens is 186 g/mol. The average Bonchev–Trinajstić information content (AvgIpc) is 2.18. The summed E-state index contributed by atoms with van der Waals surface area (Å²) in [6.07, 6.45) is 4.16. The number of hydrogen-bond acceptors (Lipinski definition) is 2. The highest BCUT2D eigenvalue weighted by Crippen LogP contribution is 2.29. The summed E-state index contributed by atoms with van der Waals surface area (Å²) in [6.45, 7) is 3.83. The topological polar surface area (TPSA) is 21.3 Å². The van der Waals surface area contributed by atoms with Gasteiger partial charge in [-0.15, -0.1) is 0 Å². The highest BCUT2D eigenvalue weighted by atomic mass is 16.5. The maximum Gasteiger partial charge on any atom is 0.142 e. The minimum Gasteiger partial charge on any atom is -0.492 e. The Morgan fingerprint density at radius 3 is 2.80 bits per heavy atom. The molecule has 82 valence electrons. The number of hydrogen-bond donors (Lipinski definition) is 1. The standard InChI is InChI=1S/C13H19NO/c1-2-15-13-9-4-3-8-12(13)14-10-11-6-5-7-11/h3-4,8-9,11,14H,2,5-7,10H2,1H3. The first kappa shape index (κ1) is 10.3. The molecule has 1 N–H and O–H groups in total. The van der Waals surface area contributed by atoms with Crippen molar-refractivity contribution in [2.45, 2.75) is 26.2 Å². The fourth-order valence-electron chi connectivity index (χ4n) is 1.85. The fraction of sp³-hybridized carbons (Fsp3) is 0.538. The van der Waals surface area contributed by atoms with Crippen LogP contribution in [0.3, 0.4) is 0 Å². The Morgan fingerprint density at radius 1 is 1.33 bits per heavy atom. The van der Waals surface area contributed by atoms with Crippen LogP contribution in [0, 0.1) is 5.92 Å². The van der Waals surface area contributed by atoms with Crippen molar-refractivity contribution >= 4 is 5.69 Å². The van der Waals surface area contributed by atoms with E-state index in [1.54, 1.807) is 0 Å². The molecule has 2 nitrogen and oxygen atoms in total. The van der Waals surface area contributed by atoms with Gasteiger partial charge >= 0.3 is 0 Å². The molecule has 0 spiro atoms. The minimum atomic E-state index is 0.724. The normalized spacial score (nSPS) is 15.8. The number of benzene rings is 1. The Kier molecular flexibility index (Phi) is 3.49. The predicted molar refractivity (Wildman–Crippen MR) is 63.4 cm³/mol. The third-order valence-electron chi connectivity index (χ3n) is 2.99. The summed E-state index contributed by atoms with van der Waals surface area (Å²) >= 11 is 0. The Hall–Kier alpha value is -1.18. The van der Waals surface area contributed by atoms with Crippen LogP contribution in [0.4, 0.5) is 5.69 Å². The molecule has 15 heavy (non-hydrogen) atoms. The summed E-state index contributed by atoms with van der Waals surface area (Å²) in [6, 6.07) is 8.17. The summed E-state index contributed by atoms with van der Waals surface area (Å²) in [5.41, 5.74) is 1.13. The molecule has 0 heterocycles. The van der Waals surface area contributed by atoms with Crippen LogP contribution in [-0.4, -0.2) is 13.2 Å². The van der Waals surface area contributed by atoms with Gasteiger partial charge in [-0.05, 0) is 37.8 Å². The fourth-order valence-corrected chi connectivity index (χ4v) is 1.85. The number of anilines is 1. The van der Waals surface area contributed by atoms with E-state index in [9.17, 15) is 0 Å². The number of nitrogens with one attached hydrogen (secondary N) is 1. The monoisotopic (exact) mass is 205 g/mol. The molecule has 0 amide bonds. The van der Waals surface area contributed by atoms with Crippen molar-refractivity contribution in [3.63, 3.8) is 0 Å². The smallest absolute Gasteiger partial charge is 0.142 e. The van der Waals surface area contributed by atoms with Crippen molar-refractivity contribution in [3.05, 3.63) is 24.3 Å². The van der Waals surface area contributed by atoms with Crippen LogP contribution in [-0.2, 0) is 0 Å². The molecular formula is C13H19NO. The second-order valence-corrected chi connectivity index (χ2v) is 4.11. The van der Waals surface area contributed by atoms with Crippen LogP contribution in [0.25, 0.3) is 0 Å². The largest absolute Gasteiger partial charge is 0.492 e. The van der Waals surface area contributed by atoms with Crippen molar-refractivity contribution in [3.8, 4) is 5.75 Å². The highest BCUT2D eigenvalue weighted by Gasteiger charge is 2.17. The zero-order valence-electron chi connectivity index (χ0n) is 9.33. The van der Waals surface area contributed by atoms with Crippen LogP contribution < -0.4 is 10.1 Å². The third-order valence-corrected chi connectivity index (χ3v) is 2.99. The van der Waals surface area contributed by atoms with E-state index < -0.39 is 0 Å². The molecule has 1 aliphatic carbocycles. The molecule has 1 aromatic carbocycles. The lowest BCUT2D eigenvalue weighted by molar-refractivity contribution is 0.329. The first-order valence-electron chi connectivity index (χ1n) is 5.86. The number of para-hydroxylation sites is 2. The highest BCUT2D eigenvalue weighted by molar-refractivity contribution is 5.56. The lowest BCUT2D eigenvalue weighted by atomic mass is 9.85. The predicted octanol–water partition coefficient (Wildman–Crippen LogP) is 3.30. The molecule has 0 aliphatic heterocycles. The van der Waals surface area contributed by atoms with Crippen molar-refractivity contribution in [2.75, 3.05) is 18.5 Å². The summed E-state index contributed by atoms with van der Waals surface area (Å²) in [5, 5.41) is 3.48. The van der Waals surface area contributed by atoms with Gasteiger partial charge in [0, 0.05) is 6.54 Å². The van der Waals surface area contributed by atoms with Gasteiger partial charge in [0.05, 0.1) is 12.3 Å². The SMILES string of the molecule is CCOc1ccccc1NCC1CCC1. The second kappa shape index (κ2) is 5.06. The molecule has 0 saturated heterocycles. The van der Waals surface area contributed by atoms with E-state index in [2.05, 4.69) is 11.4 Å². The van der Waals surface area contributed by atoms with Gasteiger partial charge in [-0.3, -0.25) is 0 Å². The van der Waals surface area contributed by atoms with Gasteiger partial charge in [0.15, 0.2) is 0 Å². The van der Waals surface area contributed by atoms with Crippen LogP contribution >= 0.6 is 0 Å². The van der Waals surface area contributed by atoms with E-state index in [0.717, 1.165) is 30.5 Å². The Labute approximate surface area is 91.6 Å². The van der Waals surface area contributed by atoms with E-state index in [4.69, 9.17) is 4.74 Å². The summed E-state index contributed by atoms with van der Waals surface area (Å²) in [7, 11) is 0. The molecule has 0 atom stereocenters. The maximum atomic E-state index is 5.56. The number of rotatable bonds is 5. The molecule has 2 rings (SSSR count). The van der Waals surface area contributed by atoms with Crippen molar-refractivity contribution < 1.29 is 4.74 Å². The Balaban J connectivity index is 1.92. The van der Waals surface area contributed by atoms with E-state index in [1.165, 1.54) is 19.3 Å². The average molecular weight is 205 g/mol. The summed E-state index contributed by atoms with van der Waals surface area (Å²) in [4.78, 5) is 0. The molecule has 0 bridgehead atoms. The third kappa shape index (κ3) is 2.65. The Bertz CT molecular complexity index is 307. The van der Waals surface area contributed by atoms with Gasteiger partial charge in [0.1, 0.15) is 5.75 Å². The van der Waals surface area contributed by atoms with Gasteiger partial charge < -0.3 is 10.1 Å². The van der Waals surface area contributed by atoms with Crippen LogP contribution in [0.5, 0.6) is 5.75 Å². The lowest BCUT2D eigenvalue weighted by Crippen LogP contribution is -2.21. The van der Waals surface area contributed by atoms with Gasteiger partial charge in [-0.2, -0.15) is 0 Å². The van der Waals surface area contributed by atoms with Gasteiger partial charge in [-0.25, -0.2) is 0 Å². The molecule has 0 unspecified atom stereocenters. The maximum absolute atomic E-state index is 5.56. The minimum absolute atomic E-state index is 0.724. The van der Waals surface area contributed by atoms with Crippen molar-refractivity contribution in [1.29, 1.82) is 0 Å². The first-order valence-corrected chi connectivity index (χ1v) is 5.86. The number of ether oxygens (including phenoxy) is 1. The summed E-state index contributed by atoms with van der Waals surface area (Å²) in [5.74, 6) is 1.85. The molecule has 0 radical (unpaired) electrons. The van der Waals surface area contributed by atoms with E-state index >= 15 is 0 Å². The summed E-state index contributed by atoms with van der Waals surface area (Å²) < 4.78 is 5.56. The molecule has 2 heteroatoms. The van der Waals surface area contributed by atoms with Gasteiger partial charge in [0.25, 0.3) is 0 Å². The second-order valence-electron chi connectivity index (χ2n) is 4.11. The molecule has 1 aromatic rings. The van der Waals surface area contributed by atoms with Crippen molar-refractivity contribution in [2.24, 2.45) is 5.92 Å². The molecule has 1 fully saturated rings. The lowest BCUT2D eigenvalue weighted by Gasteiger charge is -2.26. The van der Waals surface area contributed by atoms with Crippen LogP contribution in [0.1, 0.15) is 26.2 Å². The Morgan fingerprint density at radius 2 is 2.13 bits per heavy atom. The van der Waals surface area contributed by atoms with E-state index in [1.807, 2.05) is 25.1 Å². The molecule has 1 saturated carbocycles. The van der Waals surface area contributed by atoms with E-state index in [0.29, 0.717) is 0 Å². The van der Waals surface area contributed by atoms with E-state index in [-0.39, 0.29) is 0 Å². The van der Waals surface area contributed by atoms with Crippen LogP contribution in [0.2, 0.25) is 0 Å². The van der Waals surface area contributed by atoms with Gasteiger partial charge in [-0.1, -0.05) is 18.6 Å². The molecule has 0 aromatic heterocycles. The van der Waals surface area contributed by atoms with Crippen LogP contribution in [0.15, 0.2) is 24.3 Å². The molecule has 1 aliphatic rings. The van der Waals surface area contributed by atoms with Crippen molar-refractivity contribution in [1.82, 2.24) is 0 Å². The zero-order chi connectivity index (χ0) is 10.5. The van der Waals surface area contributed by atoms with Gasteiger partial charge in [0.2, 0.25) is 0 Å². The zero-order valence-corrected chi connectivity index (χ0v) is 9.33.